The van der Waals surface area contributed by atoms with Gasteiger partial charge >= 0.3 is 0 Å². The second-order valence-corrected chi connectivity index (χ2v) is 5.63. The highest BCUT2D eigenvalue weighted by Gasteiger charge is 2.10. The molecule has 1 heterocycles. The number of allylic oxidation sites excluding steroid dienone is 2. The molecule has 0 aliphatic carbocycles. The van der Waals surface area contributed by atoms with Crippen molar-refractivity contribution in [2.45, 2.75) is 20.3 Å². The van der Waals surface area contributed by atoms with E-state index in [2.05, 4.69) is 17.1 Å². The normalized spacial score (nSPS) is 11.8. The Morgan fingerprint density at radius 1 is 1.05 bits per heavy atom. The Labute approximate surface area is 130 Å². The number of fused-ring (bicyclic) bond motifs is 1. The highest BCUT2D eigenvalue weighted by Crippen LogP contribution is 2.28. The summed E-state index contributed by atoms with van der Waals surface area (Å²) < 4.78 is 0. The molecule has 110 valence electrons. The highest BCUT2D eigenvalue weighted by atomic mass is 16.1. The summed E-state index contributed by atoms with van der Waals surface area (Å²) in [5.41, 5.74) is 5.40. The van der Waals surface area contributed by atoms with Gasteiger partial charge in [0.05, 0.1) is 0 Å². The number of H-pyrrole nitrogens is 1. The van der Waals surface area contributed by atoms with Gasteiger partial charge in [-0.1, -0.05) is 48.5 Å². The molecule has 0 spiro atoms. The third-order valence-electron chi connectivity index (χ3n) is 3.89. The third-order valence-corrected chi connectivity index (χ3v) is 3.89. The first-order valence-corrected chi connectivity index (χ1v) is 7.48. The van der Waals surface area contributed by atoms with Gasteiger partial charge in [0, 0.05) is 28.6 Å². The number of hydrogen-bond acceptors (Lipinski definition) is 1. The number of rotatable bonds is 4. The molecule has 0 aliphatic heterocycles. The lowest BCUT2D eigenvalue weighted by atomic mass is 10.0. The largest absolute Gasteiger partial charge is 0.358 e. The predicted molar refractivity (Wildman–Crippen MR) is 91.8 cm³/mol. The minimum Gasteiger partial charge on any atom is -0.358 e. The zero-order valence-electron chi connectivity index (χ0n) is 12.9. The first kappa shape index (κ1) is 14.3. The van der Waals surface area contributed by atoms with Gasteiger partial charge in [-0.05, 0) is 37.1 Å². The third kappa shape index (κ3) is 2.86. The van der Waals surface area contributed by atoms with Gasteiger partial charge < -0.3 is 4.98 Å². The van der Waals surface area contributed by atoms with E-state index in [4.69, 9.17) is 0 Å². The molecule has 0 unspecified atom stereocenters. The maximum absolute atomic E-state index is 12.3. The lowest BCUT2D eigenvalue weighted by molar-refractivity contribution is -0.113. The minimum absolute atomic E-state index is 0.133. The van der Waals surface area contributed by atoms with Gasteiger partial charge in [0.15, 0.2) is 5.78 Å². The molecule has 0 saturated carbocycles. The van der Waals surface area contributed by atoms with Gasteiger partial charge in [-0.15, -0.1) is 0 Å². The number of benzene rings is 2. The van der Waals surface area contributed by atoms with Crippen LogP contribution < -0.4 is 0 Å². The zero-order valence-corrected chi connectivity index (χ0v) is 12.9. The molecule has 0 aliphatic rings. The first-order chi connectivity index (χ1) is 10.6. The highest BCUT2D eigenvalue weighted by molar-refractivity contribution is 6.02. The molecule has 0 amide bonds. The van der Waals surface area contributed by atoms with Crippen molar-refractivity contribution in [3.63, 3.8) is 0 Å². The van der Waals surface area contributed by atoms with Crippen LogP contribution in [0.5, 0.6) is 0 Å². The Morgan fingerprint density at radius 3 is 2.50 bits per heavy atom. The fraction of sp³-hybridized carbons (Fsp3) is 0.150. The van der Waals surface area contributed by atoms with Crippen molar-refractivity contribution in [3.05, 3.63) is 77.5 Å². The maximum atomic E-state index is 12.3. The van der Waals surface area contributed by atoms with E-state index in [0.29, 0.717) is 6.42 Å². The van der Waals surface area contributed by atoms with Crippen LogP contribution in [0, 0.1) is 6.92 Å². The lowest BCUT2D eigenvalue weighted by Crippen LogP contribution is -1.99. The van der Waals surface area contributed by atoms with Crippen LogP contribution >= 0.6 is 0 Å². The second-order valence-electron chi connectivity index (χ2n) is 5.63. The molecule has 2 nitrogen and oxygen atoms in total. The number of aryl methyl sites for hydroxylation is 1. The van der Waals surface area contributed by atoms with Gasteiger partial charge in [0.1, 0.15) is 0 Å². The molecule has 0 atom stereocenters. The summed E-state index contributed by atoms with van der Waals surface area (Å²) in [6, 6.07) is 18.0. The summed E-state index contributed by atoms with van der Waals surface area (Å²) >= 11 is 0. The molecule has 3 aromatic rings. The van der Waals surface area contributed by atoms with Crippen LogP contribution in [0.2, 0.25) is 0 Å². The molecule has 1 aromatic heterocycles. The lowest BCUT2D eigenvalue weighted by Gasteiger charge is -2.03. The maximum Gasteiger partial charge on any atom is 0.160 e. The van der Waals surface area contributed by atoms with E-state index in [1.165, 1.54) is 5.39 Å². The molecule has 0 saturated heterocycles. The topological polar surface area (TPSA) is 32.9 Å². The second kappa shape index (κ2) is 6.02. The summed E-state index contributed by atoms with van der Waals surface area (Å²) in [4.78, 5) is 15.7. The van der Waals surface area contributed by atoms with Crippen molar-refractivity contribution in [1.82, 2.24) is 4.98 Å². The summed E-state index contributed by atoms with van der Waals surface area (Å²) in [5, 5.41) is 1.17. The van der Waals surface area contributed by atoms with E-state index in [1.54, 1.807) is 6.08 Å². The number of carbonyl (C=O) groups excluding carboxylic acids is 1. The Kier molecular flexibility index (Phi) is 3.92. The summed E-state index contributed by atoms with van der Waals surface area (Å²) in [6.45, 7) is 4.06. The Balaban J connectivity index is 1.90. The quantitative estimate of drug-likeness (QED) is 0.694. The van der Waals surface area contributed by atoms with Crippen LogP contribution in [0.1, 0.15) is 23.7 Å². The van der Waals surface area contributed by atoms with Gasteiger partial charge in [-0.3, -0.25) is 4.79 Å². The number of aromatic amines is 1. The van der Waals surface area contributed by atoms with Gasteiger partial charge in [0.2, 0.25) is 0 Å². The molecule has 0 bridgehead atoms. The Morgan fingerprint density at radius 2 is 1.73 bits per heavy atom. The van der Waals surface area contributed by atoms with Crippen molar-refractivity contribution in [2.75, 3.05) is 0 Å². The van der Waals surface area contributed by atoms with E-state index in [9.17, 15) is 4.79 Å². The smallest absolute Gasteiger partial charge is 0.160 e. The molecule has 22 heavy (non-hydrogen) atoms. The van der Waals surface area contributed by atoms with Crippen molar-refractivity contribution in [2.24, 2.45) is 0 Å². The fourth-order valence-electron chi connectivity index (χ4n) is 2.95. The number of hydrogen-bond donors (Lipinski definition) is 1. The number of aromatic nitrogens is 1. The van der Waals surface area contributed by atoms with E-state index in [-0.39, 0.29) is 5.78 Å². The summed E-state index contributed by atoms with van der Waals surface area (Å²) in [7, 11) is 0. The summed E-state index contributed by atoms with van der Waals surface area (Å²) in [5.74, 6) is 0.133. The standard InChI is InChI=1S/C20H19NO/c1-14(12-17(22)13-16-8-4-3-5-9-16)20-15(2)21-19-11-7-6-10-18(19)20/h3-12,21H,13H2,1-2H3/b14-12+. The number of carbonyl (C=O) groups is 1. The molecular formula is C20H19NO. The molecular weight excluding hydrogens is 270 g/mol. The van der Waals surface area contributed by atoms with Crippen LogP contribution in [0.15, 0.2) is 60.7 Å². The van der Waals surface area contributed by atoms with Crippen molar-refractivity contribution in [1.29, 1.82) is 0 Å². The monoisotopic (exact) mass is 289 g/mol. The van der Waals surface area contributed by atoms with Crippen LogP contribution in [0.4, 0.5) is 0 Å². The average Bonchev–Trinajstić information content (AvgIpc) is 2.83. The number of ketones is 1. The molecule has 1 N–H and O–H groups in total. The van der Waals surface area contributed by atoms with E-state index < -0.39 is 0 Å². The number of nitrogens with one attached hydrogen (secondary N) is 1. The zero-order chi connectivity index (χ0) is 15.5. The fourth-order valence-corrected chi connectivity index (χ4v) is 2.95. The molecule has 2 heteroatoms. The van der Waals surface area contributed by atoms with Crippen LogP contribution in [0.3, 0.4) is 0 Å². The first-order valence-electron chi connectivity index (χ1n) is 7.48. The van der Waals surface area contributed by atoms with Gasteiger partial charge in [-0.2, -0.15) is 0 Å². The van der Waals surface area contributed by atoms with E-state index in [0.717, 1.165) is 27.9 Å². The molecule has 0 fully saturated rings. The van der Waals surface area contributed by atoms with Crippen molar-refractivity contribution < 1.29 is 4.79 Å². The number of para-hydroxylation sites is 1. The van der Waals surface area contributed by atoms with Crippen molar-refractivity contribution >= 4 is 22.3 Å². The average molecular weight is 289 g/mol. The van der Waals surface area contributed by atoms with Crippen LogP contribution in [0.25, 0.3) is 16.5 Å². The van der Waals surface area contributed by atoms with Crippen LogP contribution in [-0.2, 0) is 11.2 Å². The molecule has 0 radical (unpaired) electrons. The van der Waals surface area contributed by atoms with Crippen molar-refractivity contribution in [3.8, 4) is 0 Å². The molecule has 2 aromatic carbocycles. The SMILES string of the molecule is C/C(=C\C(=O)Cc1ccccc1)c1c(C)[nH]c2ccccc12. The van der Waals surface area contributed by atoms with Crippen LogP contribution in [-0.4, -0.2) is 10.8 Å². The Hall–Kier alpha value is -2.61. The van der Waals surface area contributed by atoms with E-state index in [1.807, 2.05) is 56.3 Å². The summed E-state index contributed by atoms with van der Waals surface area (Å²) in [6.07, 6.45) is 2.20. The Bertz CT molecular complexity index is 841. The molecule has 3 rings (SSSR count). The predicted octanol–water partition coefficient (Wildman–Crippen LogP) is 4.69. The van der Waals surface area contributed by atoms with Gasteiger partial charge in [0.25, 0.3) is 0 Å². The minimum atomic E-state index is 0.133. The van der Waals surface area contributed by atoms with Gasteiger partial charge in [-0.25, -0.2) is 0 Å². The van der Waals surface area contributed by atoms with E-state index >= 15 is 0 Å².